The van der Waals surface area contributed by atoms with Gasteiger partial charge >= 0.3 is 6.18 Å². The molecular weight excluding hydrogens is 375 g/mol. The van der Waals surface area contributed by atoms with Gasteiger partial charge in [-0.3, -0.25) is 4.79 Å². The summed E-state index contributed by atoms with van der Waals surface area (Å²) in [6, 6.07) is 1.54. The summed E-state index contributed by atoms with van der Waals surface area (Å²) in [7, 11) is 0. The highest BCUT2D eigenvalue weighted by Crippen LogP contribution is 2.40. The second kappa shape index (κ2) is 7.51. The Balaban J connectivity index is 1.65. The second-order valence-corrected chi connectivity index (χ2v) is 7.89. The molecule has 2 aliphatic heterocycles. The number of aromatic nitrogens is 1. The Morgan fingerprint density at radius 2 is 2.11 bits per heavy atom. The van der Waals surface area contributed by atoms with E-state index in [0.29, 0.717) is 44.6 Å². The first kappa shape index (κ1) is 20.9. The van der Waals surface area contributed by atoms with Crippen LogP contribution in [0.1, 0.15) is 45.1 Å². The minimum absolute atomic E-state index is 0.143. The molecule has 2 N–H and O–H groups in total. The van der Waals surface area contributed by atoms with E-state index in [1.165, 1.54) is 6.20 Å². The van der Waals surface area contributed by atoms with Crippen LogP contribution in [0.3, 0.4) is 0 Å². The zero-order valence-corrected chi connectivity index (χ0v) is 16.1. The van der Waals surface area contributed by atoms with E-state index < -0.39 is 29.0 Å². The van der Waals surface area contributed by atoms with Crippen molar-refractivity contribution in [1.29, 1.82) is 0 Å². The first-order valence-electron chi connectivity index (χ1n) is 9.49. The van der Waals surface area contributed by atoms with Crippen LogP contribution >= 0.6 is 0 Å². The lowest BCUT2D eigenvalue weighted by Crippen LogP contribution is -2.64. The van der Waals surface area contributed by atoms with Gasteiger partial charge in [0.25, 0.3) is 0 Å². The summed E-state index contributed by atoms with van der Waals surface area (Å²) in [6.45, 7) is 4.61. The lowest BCUT2D eigenvalue weighted by atomic mass is 9.75. The van der Waals surface area contributed by atoms with E-state index >= 15 is 0 Å². The molecule has 1 aromatic rings. The summed E-state index contributed by atoms with van der Waals surface area (Å²) in [6.07, 6.45) is -1.41. The van der Waals surface area contributed by atoms with Crippen LogP contribution in [0.5, 0.6) is 0 Å². The molecule has 2 aliphatic rings. The molecule has 1 aromatic heterocycles. The van der Waals surface area contributed by atoms with Gasteiger partial charge in [-0.05, 0) is 31.9 Å². The molecule has 0 unspecified atom stereocenters. The van der Waals surface area contributed by atoms with E-state index in [2.05, 4.69) is 10.3 Å². The summed E-state index contributed by atoms with van der Waals surface area (Å²) < 4.78 is 44.9. The third kappa shape index (κ3) is 4.41. The molecule has 3 rings (SSSR count). The molecule has 156 valence electrons. The molecule has 6 nitrogen and oxygen atoms in total. The molecule has 28 heavy (non-hydrogen) atoms. The third-order valence-electron chi connectivity index (χ3n) is 5.71. The van der Waals surface area contributed by atoms with Gasteiger partial charge in [0, 0.05) is 32.1 Å². The van der Waals surface area contributed by atoms with Crippen molar-refractivity contribution in [3.05, 3.63) is 23.9 Å². The first-order chi connectivity index (χ1) is 13.0. The van der Waals surface area contributed by atoms with Crippen LogP contribution in [-0.2, 0) is 15.7 Å². The topological polar surface area (TPSA) is 74.7 Å². The molecule has 0 saturated carbocycles. The molecular formula is C19H26F3N3O3. The lowest BCUT2D eigenvalue weighted by molar-refractivity contribution is -0.180. The molecule has 0 aromatic carbocycles. The summed E-state index contributed by atoms with van der Waals surface area (Å²) in [5.74, 6) is 0.149. The van der Waals surface area contributed by atoms with Gasteiger partial charge in [-0.2, -0.15) is 13.2 Å². The van der Waals surface area contributed by atoms with Crippen LogP contribution in [-0.4, -0.2) is 52.9 Å². The third-order valence-corrected chi connectivity index (χ3v) is 5.71. The Labute approximate surface area is 162 Å². The van der Waals surface area contributed by atoms with Gasteiger partial charge in [0.15, 0.2) is 0 Å². The Kier molecular flexibility index (Phi) is 5.60. The van der Waals surface area contributed by atoms with Crippen molar-refractivity contribution >= 4 is 11.7 Å². The number of pyridine rings is 1. The first-order valence-corrected chi connectivity index (χ1v) is 9.49. The molecule has 0 bridgehead atoms. The summed E-state index contributed by atoms with van der Waals surface area (Å²) in [5.41, 5.74) is -2.38. The van der Waals surface area contributed by atoms with Crippen molar-refractivity contribution < 1.29 is 27.8 Å². The van der Waals surface area contributed by atoms with E-state index in [9.17, 15) is 23.1 Å². The van der Waals surface area contributed by atoms with Crippen LogP contribution < -0.4 is 10.2 Å². The van der Waals surface area contributed by atoms with Crippen LogP contribution in [0.4, 0.5) is 19.0 Å². The van der Waals surface area contributed by atoms with E-state index in [1.54, 1.807) is 13.8 Å². The number of halogens is 3. The predicted molar refractivity (Wildman–Crippen MR) is 96.8 cm³/mol. The monoisotopic (exact) mass is 401 g/mol. The number of alkyl halides is 3. The molecule has 1 amide bonds. The van der Waals surface area contributed by atoms with Crippen LogP contribution in [0, 0.1) is 0 Å². The molecule has 3 heterocycles. The molecule has 2 fully saturated rings. The second-order valence-electron chi connectivity index (χ2n) is 7.89. The molecule has 9 heteroatoms. The molecule has 2 atom stereocenters. The number of rotatable bonds is 3. The molecule has 2 saturated heterocycles. The van der Waals surface area contributed by atoms with E-state index in [0.717, 1.165) is 12.1 Å². The van der Waals surface area contributed by atoms with Gasteiger partial charge in [0.1, 0.15) is 5.82 Å². The number of aliphatic hydroxyl groups is 1. The lowest BCUT2D eigenvalue weighted by Gasteiger charge is -2.51. The molecule has 0 aliphatic carbocycles. The number of carbonyl (C=O) groups is 1. The number of piperidine rings is 1. The number of hydrogen-bond acceptors (Lipinski definition) is 5. The standard InChI is InChI=1S/C19H26F3N3O3/c1-3-16(26)24-14-11-28-18(12-17(14,2)27)5-8-25(9-6-18)15-10-13(4-7-23-15)19(20,21)22/h4,7,10,14,27H,3,5-6,8-9,11-12H2,1-2H3,(H,24,26)/t14-,17-/m0/s1. The maximum atomic E-state index is 12.9. The van der Waals surface area contributed by atoms with E-state index in [4.69, 9.17) is 4.74 Å². The minimum Gasteiger partial charge on any atom is -0.388 e. The Morgan fingerprint density at radius 1 is 1.43 bits per heavy atom. The SMILES string of the molecule is CCC(=O)N[C@H]1COC2(CCN(c3cc(C(F)(F)F)ccn3)CC2)C[C@]1(C)O. The summed E-state index contributed by atoms with van der Waals surface area (Å²) in [5, 5.41) is 13.7. The van der Waals surface area contributed by atoms with Gasteiger partial charge in [-0.25, -0.2) is 4.98 Å². The van der Waals surface area contributed by atoms with Crippen molar-refractivity contribution in [2.45, 2.75) is 63.0 Å². The van der Waals surface area contributed by atoms with Gasteiger partial charge in [0.2, 0.25) is 5.91 Å². The van der Waals surface area contributed by atoms with Crippen molar-refractivity contribution in [3.8, 4) is 0 Å². The zero-order valence-electron chi connectivity index (χ0n) is 16.1. The number of carbonyl (C=O) groups excluding carboxylic acids is 1. The number of anilines is 1. The van der Waals surface area contributed by atoms with Gasteiger partial charge in [-0.1, -0.05) is 6.92 Å². The van der Waals surface area contributed by atoms with Gasteiger partial charge < -0.3 is 20.1 Å². The average Bonchev–Trinajstić information content (AvgIpc) is 2.63. The number of nitrogens with one attached hydrogen (secondary N) is 1. The zero-order chi connectivity index (χ0) is 20.6. The van der Waals surface area contributed by atoms with Crippen LogP contribution in [0.15, 0.2) is 18.3 Å². The van der Waals surface area contributed by atoms with Gasteiger partial charge in [-0.15, -0.1) is 0 Å². The number of amides is 1. The predicted octanol–water partition coefficient (Wildman–Crippen LogP) is 2.51. The normalized spacial score (nSPS) is 27.6. The summed E-state index contributed by atoms with van der Waals surface area (Å²) >= 11 is 0. The molecule has 1 spiro atoms. The highest BCUT2D eigenvalue weighted by atomic mass is 19.4. The Bertz CT molecular complexity index is 716. The highest BCUT2D eigenvalue weighted by Gasteiger charge is 2.49. The quantitative estimate of drug-likeness (QED) is 0.814. The van der Waals surface area contributed by atoms with Crippen LogP contribution in [0.2, 0.25) is 0 Å². The highest BCUT2D eigenvalue weighted by molar-refractivity contribution is 5.76. The van der Waals surface area contributed by atoms with Crippen molar-refractivity contribution in [1.82, 2.24) is 10.3 Å². The van der Waals surface area contributed by atoms with Crippen molar-refractivity contribution in [2.75, 3.05) is 24.6 Å². The Hall–Kier alpha value is -1.87. The molecule has 0 radical (unpaired) electrons. The fourth-order valence-electron chi connectivity index (χ4n) is 3.99. The number of ether oxygens (including phenoxy) is 1. The Morgan fingerprint density at radius 3 is 2.68 bits per heavy atom. The number of nitrogens with zero attached hydrogens (tertiary/aromatic N) is 2. The number of hydrogen-bond donors (Lipinski definition) is 2. The fourth-order valence-corrected chi connectivity index (χ4v) is 3.99. The van der Waals surface area contributed by atoms with E-state index in [-0.39, 0.29) is 12.5 Å². The maximum Gasteiger partial charge on any atom is 0.416 e. The largest absolute Gasteiger partial charge is 0.416 e. The fraction of sp³-hybridized carbons (Fsp3) is 0.684. The van der Waals surface area contributed by atoms with Crippen LogP contribution in [0.25, 0.3) is 0 Å². The smallest absolute Gasteiger partial charge is 0.388 e. The average molecular weight is 401 g/mol. The summed E-state index contributed by atoms with van der Waals surface area (Å²) in [4.78, 5) is 17.6. The minimum atomic E-state index is -4.40. The van der Waals surface area contributed by atoms with Crippen molar-refractivity contribution in [2.24, 2.45) is 0 Å². The van der Waals surface area contributed by atoms with Gasteiger partial charge in [0.05, 0.1) is 29.4 Å². The maximum absolute atomic E-state index is 12.9. The van der Waals surface area contributed by atoms with E-state index in [1.807, 2.05) is 4.90 Å². The van der Waals surface area contributed by atoms with Crippen molar-refractivity contribution in [3.63, 3.8) is 0 Å².